The second-order valence-corrected chi connectivity index (χ2v) is 10.6. The minimum absolute atomic E-state index is 0.0683. The summed E-state index contributed by atoms with van der Waals surface area (Å²) in [7, 11) is 1.51. The number of carboxylic acids is 1. The van der Waals surface area contributed by atoms with Crippen molar-refractivity contribution in [3.8, 4) is 5.88 Å². The molecule has 2 aliphatic carbocycles. The Bertz CT molecular complexity index is 1260. The molecule has 1 fully saturated rings. The molecule has 3 atom stereocenters. The van der Waals surface area contributed by atoms with E-state index in [4.69, 9.17) is 9.84 Å². The maximum atomic E-state index is 15.0. The van der Waals surface area contributed by atoms with Crippen LogP contribution >= 0.6 is 0 Å². The van der Waals surface area contributed by atoms with E-state index in [0.717, 1.165) is 18.4 Å². The van der Waals surface area contributed by atoms with E-state index in [9.17, 15) is 14.4 Å². The summed E-state index contributed by atoms with van der Waals surface area (Å²) >= 11 is 0. The molecule has 1 saturated carbocycles. The van der Waals surface area contributed by atoms with Crippen molar-refractivity contribution in [2.75, 3.05) is 19.0 Å². The summed E-state index contributed by atoms with van der Waals surface area (Å²) in [5.41, 5.74) is 2.92. The fourth-order valence-corrected chi connectivity index (χ4v) is 5.79. The summed E-state index contributed by atoms with van der Waals surface area (Å²) in [4.78, 5) is 44.1. The number of nitrogens with zero attached hydrogens (tertiary/aromatic N) is 2. The lowest BCUT2D eigenvalue weighted by Gasteiger charge is -2.36. The molecule has 0 unspecified atom stereocenters. The van der Waals surface area contributed by atoms with Gasteiger partial charge in [0, 0.05) is 42.6 Å². The smallest absolute Gasteiger partial charge is 0.303 e. The average Bonchev–Trinajstić information content (AvgIpc) is 3.51. The molecule has 36 heavy (non-hydrogen) atoms. The van der Waals surface area contributed by atoms with Crippen LogP contribution < -0.4 is 10.1 Å². The molecule has 190 valence electrons. The Kier molecular flexibility index (Phi) is 5.97. The van der Waals surface area contributed by atoms with Crippen LogP contribution in [0.2, 0.25) is 0 Å². The van der Waals surface area contributed by atoms with E-state index < -0.39 is 23.8 Å². The normalized spacial score (nSPS) is 23.4. The highest BCUT2D eigenvalue weighted by atomic mass is 19.1. The number of carbonyl (C=O) groups excluding carboxylic acids is 2. The number of amides is 2. The fourth-order valence-electron chi connectivity index (χ4n) is 5.79. The van der Waals surface area contributed by atoms with Crippen molar-refractivity contribution in [1.82, 2.24) is 9.88 Å². The summed E-state index contributed by atoms with van der Waals surface area (Å²) < 4.78 is 20.3. The molecule has 1 aliphatic heterocycles. The molecule has 1 aromatic carbocycles. The van der Waals surface area contributed by atoms with Gasteiger partial charge in [0.25, 0.3) is 5.91 Å². The molecule has 0 saturated heterocycles. The quantitative estimate of drug-likeness (QED) is 0.634. The number of hydrogen-bond acceptors (Lipinski definition) is 5. The van der Waals surface area contributed by atoms with Gasteiger partial charge in [-0.3, -0.25) is 14.4 Å². The molecule has 0 radical (unpaired) electrons. The molecule has 2 N–H and O–H groups in total. The van der Waals surface area contributed by atoms with Crippen LogP contribution in [0.3, 0.4) is 0 Å². The third-order valence-electron chi connectivity index (χ3n) is 7.73. The van der Waals surface area contributed by atoms with Gasteiger partial charge in [0.1, 0.15) is 11.9 Å². The Morgan fingerprint density at radius 1 is 1.25 bits per heavy atom. The highest BCUT2D eigenvalue weighted by Gasteiger charge is 2.49. The minimum atomic E-state index is -0.960. The first kappa shape index (κ1) is 24.2. The van der Waals surface area contributed by atoms with Crippen LogP contribution in [-0.4, -0.2) is 46.4 Å². The number of aromatic nitrogens is 1. The SMILES string of the molecule is COc1ccc2c(n1)CCN(C(=O)[C@H]1C[C@@H]1CC(=O)O)[C@H]2C(=O)Nc1cc(F)c2c(c1)CCC2(C)C. The van der Waals surface area contributed by atoms with Gasteiger partial charge in [-0.25, -0.2) is 9.37 Å². The maximum absolute atomic E-state index is 15.0. The van der Waals surface area contributed by atoms with Crippen molar-refractivity contribution in [2.24, 2.45) is 11.8 Å². The molecule has 0 spiro atoms. The van der Waals surface area contributed by atoms with Crippen molar-refractivity contribution in [1.29, 1.82) is 0 Å². The zero-order chi connectivity index (χ0) is 25.8. The van der Waals surface area contributed by atoms with Crippen LogP contribution in [0, 0.1) is 17.7 Å². The molecule has 2 aromatic rings. The number of fused-ring (bicyclic) bond motifs is 2. The van der Waals surface area contributed by atoms with Gasteiger partial charge in [0.2, 0.25) is 11.8 Å². The number of methoxy groups -OCH3 is 1. The molecule has 0 bridgehead atoms. The topological polar surface area (TPSA) is 109 Å². The monoisotopic (exact) mass is 495 g/mol. The fraction of sp³-hybridized carbons (Fsp3) is 0.481. The number of rotatable bonds is 6. The lowest BCUT2D eigenvalue weighted by atomic mass is 9.86. The zero-order valence-electron chi connectivity index (χ0n) is 20.6. The highest BCUT2D eigenvalue weighted by molar-refractivity contribution is 5.99. The molecular weight excluding hydrogens is 465 g/mol. The molecule has 8 nitrogen and oxygen atoms in total. The predicted molar refractivity (Wildman–Crippen MR) is 129 cm³/mol. The number of carbonyl (C=O) groups is 3. The van der Waals surface area contributed by atoms with Gasteiger partial charge >= 0.3 is 5.97 Å². The number of carboxylic acid groups (broad SMARTS) is 1. The largest absolute Gasteiger partial charge is 0.481 e. The van der Waals surface area contributed by atoms with Crippen LogP contribution in [-0.2, 0) is 32.6 Å². The molecule has 2 amide bonds. The second kappa shape index (κ2) is 8.87. The predicted octanol–water partition coefficient (Wildman–Crippen LogP) is 3.63. The van der Waals surface area contributed by atoms with E-state index in [-0.39, 0.29) is 36.0 Å². The van der Waals surface area contributed by atoms with E-state index in [0.29, 0.717) is 41.2 Å². The summed E-state index contributed by atoms with van der Waals surface area (Å²) in [6, 6.07) is 5.58. The molecule has 9 heteroatoms. The number of halogens is 1. The molecule has 2 heterocycles. The third kappa shape index (κ3) is 4.31. The van der Waals surface area contributed by atoms with E-state index in [1.165, 1.54) is 18.1 Å². The van der Waals surface area contributed by atoms with Gasteiger partial charge < -0.3 is 20.1 Å². The number of ether oxygens (including phenoxy) is 1. The Morgan fingerprint density at radius 2 is 2.03 bits per heavy atom. The summed E-state index contributed by atoms with van der Waals surface area (Å²) in [6.45, 7) is 4.30. The summed E-state index contributed by atoms with van der Waals surface area (Å²) in [6.07, 6.45) is 2.44. The van der Waals surface area contributed by atoms with Crippen LogP contribution in [0.1, 0.15) is 61.5 Å². The Balaban J connectivity index is 1.45. The maximum Gasteiger partial charge on any atom is 0.303 e. The summed E-state index contributed by atoms with van der Waals surface area (Å²) in [5.74, 6) is -2.19. The minimum Gasteiger partial charge on any atom is -0.481 e. The number of nitrogens with one attached hydrogen (secondary N) is 1. The third-order valence-corrected chi connectivity index (χ3v) is 7.73. The molecular formula is C27H30FN3O5. The zero-order valence-corrected chi connectivity index (χ0v) is 20.6. The van der Waals surface area contributed by atoms with Crippen molar-refractivity contribution in [2.45, 2.75) is 57.4 Å². The van der Waals surface area contributed by atoms with E-state index in [1.54, 1.807) is 12.1 Å². The van der Waals surface area contributed by atoms with Crippen molar-refractivity contribution in [3.05, 3.63) is 52.5 Å². The lowest BCUT2D eigenvalue weighted by Crippen LogP contribution is -2.46. The van der Waals surface area contributed by atoms with E-state index in [2.05, 4.69) is 10.3 Å². The average molecular weight is 496 g/mol. The van der Waals surface area contributed by atoms with Crippen molar-refractivity contribution in [3.63, 3.8) is 0 Å². The Morgan fingerprint density at radius 3 is 2.75 bits per heavy atom. The first-order valence-electron chi connectivity index (χ1n) is 12.3. The first-order chi connectivity index (χ1) is 17.1. The van der Waals surface area contributed by atoms with Gasteiger partial charge in [-0.05, 0) is 59.9 Å². The lowest BCUT2D eigenvalue weighted by molar-refractivity contribution is -0.141. The number of pyridine rings is 1. The van der Waals surface area contributed by atoms with Crippen molar-refractivity contribution < 1.29 is 28.6 Å². The van der Waals surface area contributed by atoms with Crippen molar-refractivity contribution >= 4 is 23.5 Å². The number of anilines is 1. The number of aliphatic carboxylic acids is 1. The second-order valence-electron chi connectivity index (χ2n) is 10.6. The van der Waals surface area contributed by atoms with Crippen LogP contribution in [0.4, 0.5) is 10.1 Å². The first-order valence-corrected chi connectivity index (χ1v) is 12.3. The Hall–Kier alpha value is -3.49. The van der Waals surface area contributed by atoms with Gasteiger partial charge in [0.05, 0.1) is 12.8 Å². The number of hydrogen-bond donors (Lipinski definition) is 2. The van der Waals surface area contributed by atoms with Gasteiger partial charge in [-0.1, -0.05) is 13.8 Å². The van der Waals surface area contributed by atoms with Gasteiger partial charge in [0.15, 0.2) is 0 Å². The van der Waals surface area contributed by atoms with Crippen LogP contribution in [0.25, 0.3) is 0 Å². The molecule has 5 rings (SSSR count). The van der Waals surface area contributed by atoms with Crippen LogP contribution in [0.15, 0.2) is 24.3 Å². The highest BCUT2D eigenvalue weighted by Crippen LogP contribution is 2.45. The molecule has 1 aromatic heterocycles. The van der Waals surface area contributed by atoms with Gasteiger partial charge in [-0.2, -0.15) is 0 Å². The van der Waals surface area contributed by atoms with Gasteiger partial charge in [-0.15, -0.1) is 0 Å². The van der Waals surface area contributed by atoms with Crippen LogP contribution in [0.5, 0.6) is 5.88 Å². The summed E-state index contributed by atoms with van der Waals surface area (Å²) in [5, 5.41) is 11.9. The number of benzene rings is 1. The number of aryl methyl sites for hydroxylation is 1. The van der Waals surface area contributed by atoms with E-state index >= 15 is 4.39 Å². The standard InChI is InChI=1S/C27H30FN3O5/c1-27(2)8-6-14-10-16(13-19(28)23(14)27)29-25(34)24-17-4-5-21(36-3)30-20(17)7-9-31(24)26(35)18-11-15(18)12-22(32)33/h4-5,10,13,15,18,24H,6-9,11-12H2,1-3H3,(H,29,34)(H,32,33)/t15-,18+,24-/m1/s1. The Labute approximate surface area is 208 Å². The van der Waals surface area contributed by atoms with E-state index in [1.807, 2.05) is 19.9 Å². The molecule has 3 aliphatic rings.